The third-order valence-electron chi connectivity index (χ3n) is 4.38. The third-order valence-corrected chi connectivity index (χ3v) is 4.38. The number of nitrogens with zero attached hydrogens (tertiary/aromatic N) is 1. The predicted octanol–water partition coefficient (Wildman–Crippen LogP) is 2.73. The van der Waals surface area contributed by atoms with Gasteiger partial charge in [-0.15, -0.1) is 0 Å². The molecule has 27 heavy (non-hydrogen) atoms. The molecule has 0 bridgehead atoms. The Morgan fingerprint density at radius 3 is 2.26 bits per heavy atom. The molecule has 3 amide bonds. The first kappa shape index (κ1) is 21.0. The van der Waals surface area contributed by atoms with Crippen molar-refractivity contribution in [3.8, 4) is 0 Å². The zero-order valence-electron chi connectivity index (χ0n) is 16.3. The molecule has 0 aromatic heterocycles. The van der Waals surface area contributed by atoms with E-state index in [2.05, 4.69) is 39.4 Å². The van der Waals surface area contributed by atoms with Crippen molar-refractivity contribution < 1.29 is 19.1 Å². The minimum absolute atomic E-state index is 0.245. The molecular formula is C19H30N4O4. The minimum atomic E-state index is -0.534. The van der Waals surface area contributed by atoms with E-state index in [-0.39, 0.29) is 6.03 Å². The van der Waals surface area contributed by atoms with Crippen LogP contribution in [0.4, 0.5) is 21.0 Å². The maximum Gasteiger partial charge on any atom is 0.411 e. The SMILES string of the molecule is COC(=O)Nc1ccc(NC(=O)NCC(CC(C)C)N2CCOCC2)cc1. The molecule has 1 aromatic rings. The number of morpholine rings is 1. The van der Waals surface area contributed by atoms with E-state index in [9.17, 15) is 9.59 Å². The summed E-state index contributed by atoms with van der Waals surface area (Å²) >= 11 is 0. The van der Waals surface area contributed by atoms with E-state index in [0.717, 1.165) is 32.7 Å². The highest BCUT2D eigenvalue weighted by molar-refractivity contribution is 5.90. The number of amides is 3. The second-order valence-electron chi connectivity index (χ2n) is 6.96. The quantitative estimate of drug-likeness (QED) is 0.679. The summed E-state index contributed by atoms with van der Waals surface area (Å²) in [4.78, 5) is 25.8. The van der Waals surface area contributed by atoms with Crippen LogP contribution in [-0.4, -0.2) is 63.0 Å². The Labute approximate surface area is 160 Å². The van der Waals surface area contributed by atoms with Crippen molar-refractivity contribution >= 4 is 23.5 Å². The standard InChI is InChI=1S/C19H30N4O4/c1-14(2)12-17(23-8-10-27-11-9-23)13-20-18(24)21-15-4-6-16(7-5-15)22-19(25)26-3/h4-7,14,17H,8-13H2,1-3H3,(H,22,25)(H2,20,21,24). The van der Waals surface area contributed by atoms with E-state index < -0.39 is 6.09 Å². The monoisotopic (exact) mass is 378 g/mol. The maximum atomic E-state index is 12.2. The average Bonchev–Trinajstić information content (AvgIpc) is 2.67. The Hall–Kier alpha value is -2.32. The molecule has 1 aliphatic heterocycles. The van der Waals surface area contributed by atoms with Crippen molar-refractivity contribution in [2.75, 3.05) is 50.6 Å². The number of nitrogens with one attached hydrogen (secondary N) is 3. The van der Waals surface area contributed by atoms with Crippen molar-refractivity contribution in [3.05, 3.63) is 24.3 Å². The zero-order valence-corrected chi connectivity index (χ0v) is 16.3. The molecule has 3 N–H and O–H groups in total. The van der Waals surface area contributed by atoms with Gasteiger partial charge in [-0.3, -0.25) is 10.2 Å². The minimum Gasteiger partial charge on any atom is -0.453 e. The summed E-state index contributed by atoms with van der Waals surface area (Å²) in [6.45, 7) is 8.26. The van der Waals surface area contributed by atoms with E-state index in [4.69, 9.17) is 4.74 Å². The number of ether oxygens (including phenoxy) is 2. The largest absolute Gasteiger partial charge is 0.453 e. The molecule has 1 atom stereocenters. The second kappa shape index (κ2) is 10.7. The molecule has 0 saturated carbocycles. The summed E-state index contributed by atoms with van der Waals surface area (Å²) < 4.78 is 9.96. The Balaban J connectivity index is 1.83. The van der Waals surface area contributed by atoms with Crippen molar-refractivity contribution in [1.82, 2.24) is 10.2 Å². The summed E-state index contributed by atoms with van der Waals surface area (Å²) in [6.07, 6.45) is 0.488. The van der Waals surface area contributed by atoms with Gasteiger partial charge in [0.15, 0.2) is 0 Å². The Kier molecular flexibility index (Phi) is 8.35. The van der Waals surface area contributed by atoms with E-state index in [1.54, 1.807) is 24.3 Å². The molecule has 1 aromatic carbocycles. The summed E-state index contributed by atoms with van der Waals surface area (Å²) in [6, 6.07) is 6.89. The lowest BCUT2D eigenvalue weighted by Crippen LogP contribution is -2.49. The van der Waals surface area contributed by atoms with Gasteiger partial charge in [-0.25, -0.2) is 9.59 Å². The van der Waals surface area contributed by atoms with Gasteiger partial charge in [-0.2, -0.15) is 0 Å². The molecule has 1 aliphatic rings. The van der Waals surface area contributed by atoms with Crippen LogP contribution in [0.2, 0.25) is 0 Å². The summed E-state index contributed by atoms with van der Waals surface area (Å²) in [5, 5.41) is 8.34. The number of benzene rings is 1. The van der Waals surface area contributed by atoms with Gasteiger partial charge in [0.2, 0.25) is 0 Å². The summed E-state index contributed by atoms with van der Waals surface area (Å²) in [7, 11) is 1.30. The fourth-order valence-electron chi connectivity index (χ4n) is 3.04. The number of hydrogen-bond acceptors (Lipinski definition) is 5. The number of carbonyl (C=O) groups is 2. The van der Waals surface area contributed by atoms with Crippen LogP contribution in [0, 0.1) is 5.92 Å². The molecule has 1 heterocycles. The van der Waals surface area contributed by atoms with Gasteiger partial charge in [0.1, 0.15) is 0 Å². The van der Waals surface area contributed by atoms with Crippen molar-refractivity contribution in [2.24, 2.45) is 5.92 Å². The van der Waals surface area contributed by atoms with Crippen LogP contribution >= 0.6 is 0 Å². The molecule has 8 nitrogen and oxygen atoms in total. The molecule has 150 valence electrons. The Bertz CT molecular complexity index is 600. The number of urea groups is 1. The van der Waals surface area contributed by atoms with Crippen LogP contribution in [0.1, 0.15) is 20.3 Å². The summed E-state index contributed by atoms with van der Waals surface area (Å²) in [5.41, 5.74) is 1.24. The van der Waals surface area contributed by atoms with Gasteiger partial charge in [-0.1, -0.05) is 13.8 Å². The third kappa shape index (κ3) is 7.44. The molecule has 1 unspecified atom stereocenters. The topological polar surface area (TPSA) is 91.9 Å². The Morgan fingerprint density at radius 1 is 1.11 bits per heavy atom. The van der Waals surface area contributed by atoms with Crippen LogP contribution in [0.25, 0.3) is 0 Å². The molecule has 2 rings (SSSR count). The first-order chi connectivity index (χ1) is 13.0. The maximum absolute atomic E-state index is 12.2. The lowest BCUT2D eigenvalue weighted by molar-refractivity contribution is 0.0130. The molecule has 1 saturated heterocycles. The first-order valence-corrected chi connectivity index (χ1v) is 9.29. The van der Waals surface area contributed by atoms with Crippen LogP contribution in [-0.2, 0) is 9.47 Å². The van der Waals surface area contributed by atoms with Crippen LogP contribution in [0.15, 0.2) is 24.3 Å². The number of anilines is 2. The van der Waals surface area contributed by atoms with Gasteiger partial charge in [0, 0.05) is 37.1 Å². The van der Waals surface area contributed by atoms with Gasteiger partial charge < -0.3 is 20.1 Å². The highest BCUT2D eigenvalue weighted by atomic mass is 16.5. The zero-order chi connectivity index (χ0) is 19.6. The van der Waals surface area contributed by atoms with Gasteiger partial charge in [-0.05, 0) is 36.6 Å². The lowest BCUT2D eigenvalue weighted by atomic mass is 10.0. The molecule has 1 fully saturated rings. The molecule has 8 heteroatoms. The van der Waals surface area contributed by atoms with Crippen LogP contribution < -0.4 is 16.0 Å². The number of carbonyl (C=O) groups excluding carboxylic acids is 2. The molecule has 0 spiro atoms. The lowest BCUT2D eigenvalue weighted by Gasteiger charge is -2.35. The molecule has 0 aliphatic carbocycles. The number of methoxy groups -OCH3 is 1. The first-order valence-electron chi connectivity index (χ1n) is 9.29. The van der Waals surface area contributed by atoms with Crippen molar-refractivity contribution in [1.29, 1.82) is 0 Å². The fourth-order valence-corrected chi connectivity index (χ4v) is 3.04. The van der Waals surface area contributed by atoms with E-state index in [1.807, 2.05) is 0 Å². The Morgan fingerprint density at radius 2 is 1.70 bits per heavy atom. The van der Waals surface area contributed by atoms with Crippen LogP contribution in [0.5, 0.6) is 0 Å². The number of hydrogen-bond donors (Lipinski definition) is 3. The summed E-state index contributed by atoms with van der Waals surface area (Å²) in [5.74, 6) is 0.553. The number of rotatable bonds is 7. The fraction of sp³-hybridized carbons (Fsp3) is 0.579. The molecular weight excluding hydrogens is 348 g/mol. The average molecular weight is 378 g/mol. The normalized spacial score (nSPS) is 15.9. The van der Waals surface area contributed by atoms with Crippen molar-refractivity contribution in [2.45, 2.75) is 26.3 Å². The molecule has 0 radical (unpaired) electrons. The van der Waals surface area contributed by atoms with E-state index >= 15 is 0 Å². The highest BCUT2D eigenvalue weighted by Gasteiger charge is 2.22. The van der Waals surface area contributed by atoms with Gasteiger partial charge >= 0.3 is 12.1 Å². The highest BCUT2D eigenvalue weighted by Crippen LogP contribution is 2.15. The second-order valence-corrected chi connectivity index (χ2v) is 6.96. The van der Waals surface area contributed by atoms with Gasteiger partial charge in [0.25, 0.3) is 0 Å². The van der Waals surface area contributed by atoms with E-state index in [1.165, 1.54) is 7.11 Å². The van der Waals surface area contributed by atoms with Crippen molar-refractivity contribution in [3.63, 3.8) is 0 Å². The van der Waals surface area contributed by atoms with Gasteiger partial charge in [0.05, 0.1) is 20.3 Å². The predicted molar refractivity (Wildman–Crippen MR) is 105 cm³/mol. The van der Waals surface area contributed by atoms with E-state index in [0.29, 0.717) is 29.9 Å². The smallest absolute Gasteiger partial charge is 0.411 e. The van der Waals surface area contributed by atoms with Crippen LogP contribution in [0.3, 0.4) is 0 Å².